The number of halogens is 6. The smallest absolute Gasteiger partial charge is 0.429 e. The minimum absolute atomic E-state index is 0.144. The lowest BCUT2D eigenvalue weighted by molar-refractivity contribution is -0.274. The van der Waals surface area contributed by atoms with Gasteiger partial charge in [0.2, 0.25) is 0 Å². The average Bonchev–Trinajstić information content (AvgIpc) is 2.62. The van der Waals surface area contributed by atoms with Gasteiger partial charge in [0.25, 0.3) is 0 Å². The lowest BCUT2D eigenvalue weighted by Crippen LogP contribution is -2.24. The summed E-state index contributed by atoms with van der Waals surface area (Å²) in [7, 11) is 0. The molecule has 2 nitrogen and oxygen atoms in total. The Bertz CT molecular complexity index is 824. The highest BCUT2D eigenvalue weighted by Crippen LogP contribution is 2.39. The van der Waals surface area contributed by atoms with E-state index in [4.69, 9.17) is 0 Å². The van der Waals surface area contributed by atoms with E-state index in [2.05, 4.69) is 16.4 Å². The van der Waals surface area contributed by atoms with Crippen LogP contribution in [0.3, 0.4) is 0 Å². The zero-order valence-corrected chi connectivity index (χ0v) is 15.6. The van der Waals surface area contributed by atoms with Gasteiger partial charge in [-0.2, -0.15) is 8.78 Å². The van der Waals surface area contributed by atoms with Crippen LogP contribution in [0.4, 0.5) is 26.3 Å². The van der Waals surface area contributed by atoms with Crippen molar-refractivity contribution in [2.75, 3.05) is 0 Å². The molecule has 0 N–H and O–H groups in total. The van der Waals surface area contributed by atoms with Crippen molar-refractivity contribution in [2.45, 2.75) is 51.0 Å². The second kappa shape index (κ2) is 8.16. The molecule has 1 saturated carbocycles. The van der Waals surface area contributed by atoms with Crippen LogP contribution >= 0.6 is 0 Å². The maximum Gasteiger partial charge on any atom is 0.573 e. The lowest BCUT2D eigenvalue weighted by Gasteiger charge is -2.27. The Kier molecular flexibility index (Phi) is 6.00. The highest BCUT2D eigenvalue weighted by molar-refractivity contribution is 5.34. The van der Waals surface area contributed by atoms with Crippen LogP contribution in [0.25, 0.3) is 0 Å². The largest absolute Gasteiger partial charge is 0.573 e. The molecule has 2 aromatic carbocycles. The Hall–Kier alpha value is -2.38. The molecule has 1 aliphatic rings. The van der Waals surface area contributed by atoms with E-state index in [1.165, 1.54) is 6.07 Å². The number of ether oxygens (including phenoxy) is 2. The van der Waals surface area contributed by atoms with Gasteiger partial charge < -0.3 is 9.47 Å². The van der Waals surface area contributed by atoms with Gasteiger partial charge in [-0.05, 0) is 66.6 Å². The molecular weight excluding hydrogens is 398 g/mol. The molecule has 2 aromatic rings. The molecule has 0 amide bonds. The quantitative estimate of drug-likeness (QED) is 0.480. The van der Waals surface area contributed by atoms with Gasteiger partial charge in [-0.3, -0.25) is 0 Å². The number of benzene rings is 2. The minimum Gasteiger partial charge on any atom is -0.429 e. The molecule has 0 saturated heterocycles. The van der Waals surface area contributed by atoms with Gasteiger partial charge in [-0.25, -0.2) is 4.39 Å². The maximum atomic E-state index is 14.4. The van der Waals surface area contributed by atoms with E-state index in [-0.39, 0.29) is 5.92 Å². The number of hydrogen-bond acceptors (Lipinski definition) is 2. The maximum absolute atomic E-state index is 14.4. The fourth-order valence-electron chi connectivity index (χ4n) is 3.53. The third-order valence-corrected chi connectivity index (χ3v) is 5.10. The van der Waals surface area contributed by atoms with Crippen molar-refractivity contribution in [3.8, 4) is 11.5 Å². The fraction of sp³-hybridized carbons (Fsp3) is 0.429. The Morgan fingerprint density at radius 3 is 1.86 bits per heavy atom. The zero-order chi connectivity index (χ0) is 21.2. The van der Waals surface area contributed by atoms with Crippen LogP contribution in [0.5, 0.6) is 11.5 Å². The topological polar surface area (TPSA) is 18.5 Å². The molecule has 0 unspecified atom stereocenters. The van der Waals surface area contributed by atoms with E-state index in [1.54, 1.807) is 0 Å². The van der Waals surface area contributed by atoms with Crippen molar-refractivity contribution in [3.63, 3.8) is 0 Å². The highest BCUT2D eigenvalue weighted by atomic mass is 19.4. The molecule has 0 radical (unpaired) electrons. The summed E-state index contributed by atoms with van der Waals surface area (Å²) >= 11 is 0. The molecule has 3 rings (SSSR count). The van der Waals surface area contributed by atoms with Crippen LogP contribution in [0, 0.1) is 11.7 Å². The Morgan fingerprint density at radius 1 is 0.793 bits per heavy atom. The molecule has 1 fully saturated rings. The van der Waals surface area contributed by atoms with E-state index < -0.39 is 35.4 Å². The third kappa shape index (κ3) is 5.58. The first-order chi connectivity index (χ1) is 13.5. The molecule has 1 aliphatic carbocycles. The van der Waals surface area contributed by atoms with Crippen LogP contribution in [-0.4, -0.2) is 6.36 Å². The Morgan fingerprint density at radius 2 is 1.34 bits per heavy atom. The predicted molar refractivity (Wildman–Crippen MR) is 94.4 cm³/mol. The van der Waals surface area contributed by atoms with Gasteiger partial charge in [0.1, 0.15) is 17.3 Å². The van der Waals surface area contributed by atoms with Gasteiger partial charge in [0.05, 0.1) is 5.56 Å². The van der Waals surface area contributed by atoms with Crippen LogP contribution < -0.4 is 9.47 Å². The van der Waals surface area contributed by atoms with E-state index in [9.17, 15) is 26.3 Å². The summed E-state index contributed by atoms with van der Waals surface area (Å²) in [5.74, 6) is -1.32. The molecular formula is C21H20F6O2. The number of rotatable bonds is 5. The Labute approximate surface area is 164 Å². The van der Waals surface area contributed by atoms with E-state index >= 15 is 0 Å². The van der Waals surface area contributed by atoms with Gasteiger partial charge in [0, 0.05) is 0 Å². The molecule has 0 aliphatic heterocycles. The molecule has 0 aromatic heterocycles. The zero-order valence-electron chi connectivity index (χ0n) is 15.6. The standard InChI is InChI=1S/C21H20F6O2/c1-13-2-4-14(5-3-13)15-6-11-18(19(22)12-15)20(23,24)28-16-7-9-17(10-8-16)29-21(25,26)27/h6-14H,2-5H2,1H3/t13-,14-. The van der Waals surface area contributed by atoms with Gasteiger partial charge in [-0.15, -0.1) is 13.2 Å². The second-order valence-electron chi connectivity index (χ2n) is 7.33. The second-order valence-corrected chi connectivity index (χ2v) is 7.33. The first-order valence-corrected chi connectivity index (χ1v) is 9.26. The predicted octanol–water partition coefficient (Wildman–Crippen LogP) is 7.15. The normalized spacial score (nSPS) is 20.4. The SMILES string of the molecule is C[C@H]1CC[C@H](c2ccc(C(F)(F)Oc3ccc(OC(F)(F)F)cc3)c(F)c2)CC1. The van der Waals surface area contributed by atoms with Crippen molar-refractivity contribution in [1.29, 1.82) is 0 Å². The molecule has 158 valence electrons. The van der Waals surface area contributed by atoms with Crippen LogP contribution in [0.1, 0.15) is 49.7 Å². The lowest BCUT2D eigenvalue weighted by atomic mass is 9.79. The highest BCUT2D eigenvalue weighted by Gasteiger charge is 2.38. The summed E-state index contributed by atoms with van der Waals surface area (Å²) in [6.45, 7) is 2.15. The summed E-state index contributed by atoms with van der Waals surface area (Å²) in [5, 5.41) is 0. The van der Waals surface area contributed by atoms with Gasteiger partial charge >= 0.3 is 12.5 Å². The van der Waals surface area contributed by atoms with E-state index in [1.807, 2.05) is 0 Å². The summed E-state index contributed by atoms with van der Waals surface area (Å²) < 4.78 is 87.9. The first-order valence-electron chi connectivity index (χ1n) is 9.26. The van der Waals surface area contributed by atoms with Crippen LogP contribution in [0.15, 0.2) is 42.5 Å². The third-order valence-electron chi connectivity index (χ3n) is 5.10. The van der Waals surface area contributed by atoms with Gasteiger partial charge in [-0.1, -0.05) is 25.8 Å². The fourth-order valence-corrected chi connectivity index (χ4v) is 3.53. The molecule has 0 heterocycles. The monoisotopic (exact) mass is 418 g/mol. The van der Waals surface area contributed by atoms with Crippen molar-refractivity contribution >= 4 is 0 Å². The van der Waals surface area contributed by atoms with Crippen molar-refractivity contribution in [1.82, 2.24) is 0 Å². The van der Waals surface area contributed by atoms with Crippen molar-refractivity contribution in [2.24, 2.45) is 5.92 Å². The molecule has 8 heteroatoms. The average molecular weight is 418 g/mol. The summed E-state index contributed by atoms with van der Waals surface area (Å²) in [5.41, 5.74) is -0.247. The molecule has 29 heavy (non-hydrogen) atoms. The van der Waals surface area contributed by atoms with E-state index in [0.29, 0.717) is 11.5 Å². The van der Waals surface area contributed by atoms with Crippen molar-refractivity contribution in [3.05, 3.63) is 59.4 Å². The van der Waals surface area contributed by atoms with Crippen LogP contribution in [0.2, 0.25) is 0 Å². The summed E-state index contributed by atoms with van der Waals surface area (Å²) in [6, 6.07) is 7.06. The van der Waals surface area contributed by atoms with Gasteiger partial charge in [0.15, 0.2) is 0 Å². The summed E-state index contributed by atoms with van der Waals surface area (Å²) in [6.07, 6.45) is -5.08. The minimum atomic E-state index is -4.90. The number of alkyl halides is 5. The molecule has 0 spiro atoms. The van der Waals surface area contributed by atoms with Crippen molar-refractivity contribution < 1.29 is 35.8 Å². The van der Waals surface area contributed by atoms with Crippen LogP contribution in [-0.2, 0) is 6.11 Å². The first kappa shape index (κ1) is 21.3. The molecule has 0 atom stereocenters. The molecule has 0 bridgehead atoms. The van der Waals surface area contributed by atoms with E-state index in [0.717, 1.165) is 62.1 Å². The summed E-state index contributed by atoms with van der Waals surface area (Å²) in [4.78, 5) is 0. The Balaban J connectivity index is 1.72. The number of hydrogen-bond donors (Lipinski definition) is 0.